The lowest BCUT2D eigenvalue weighted by molar-refractivity contribution is -0.147. The van der Waals surface area contributed by atoms with Gasteiger partial charge in [0.2, 0.25) is 5.91 Å². The Morgan fingerprint density at radius 3 is 2.18 bits per heavy atom. The molecule has 0 aromatic heterocycles. The summed E-state index contributed by atoms with van der Waals surface area (Å²) in [5.74, 6) is -1.69. The molecule has 2 N–H and O–H groups in total. The second-order valence-electron chi connectivity index (χ2n) is 5.04. The molecule has 1 amide bonds. The van der Waals surface area contributed by atoms with Crippen LogP contribution in [0.1, 0.15) is 33.6 Å². The van der Waals surface area contributed by atoms with E-state index in [-0.39, 0.29) is 11.9 Å². The van der Waals surface area contributed by atoms with Crippen molar-refractivity contribution in [2.75, 3.05) is 0 Å². The first-order valence-corrected chi connectivity index (χ1v) is 6.11. The van der Waals surface area contributed by atoms with Crippen molar-refractivity contribution in [2.45, 2.75) is 39.7 Å². The number of carboxylic acid groups (broad SMARTS) is 1. The molecule has 0 aromatic carbocycles. The first-order chi connectivity index (χ1) is 7.93. The molecule has 0 aliphatic heterocycles. The Balaban J connectivity index is 2.66. The molecule has 0 heterocycles. The highest BCUT2D eigenvalue weighted by atomic mass is 16.4. The quantitative estimate of drug-likeness (QED) is 0.735. The van der Waals surface area contributed by atoms with Gasteiger partial charge in [0.1, 0.15) is 0 Å². The summed E-state index contributed by atoms with van der Waals surface area (Å²) in [4.78, 5) is 23.1. The fourth-order valence-electron chi connectivity index (χ4n) is 1.87. The van der Waals surface area contributed by atoms with Gasteiger partial charge in [-0.3, -0.25) is 9.59 Å². The fourth-order valence-corrected chi connectivity index (χ4v) is 1.87. The number of hydrogen-bond acceptors (Lipinski definition) is 2. The van der Waals surface area contributed by atoms with Gasteiger partial charge in [0, 0.05) is 6.04 Å². The van der Waals surface area contributed by atoms with Crippen LogP contribution in [0.15, 0.2) is 12.2 Å². The average molecular weight is 239 g/mol. The van der Waals surface area contributed by atoms with Crippen LogP contribution in [0.5, 0.6) is 0 Å². The lowest BCUT2D eigenvalue weighted by atomic mass is 9.82. The van der Waals surface area contributed by atoms with Crippen LogP contribution in [0.2, 0.25) is 0 Å². The largest absolute Gasteiger partial charge is 0.481 e. The SMILES string of the molecule is CC(C)C(C)NC(=O)C1CC=CCC1C(=O)O. The minimum atomic E-state index is -0.883. The second-order valence-corrected chi connectivity index (χ2v) is 5.04. The van der Waals surface area contributed by atoms with Crippen molar-refractivity contribution in [1.82, 2.24) is 5.32 Å². The van der Waals surface area contributed by atoms with Gasteiger partial charge < -0.3 is 10.4 Å². The van der Waals surface area contributed by atoms with E-state index >= 15 is 0 Å². The number of carboxylic acids is 1. The normalized spacial score (nSPS) is 25.6. The standard InChI is InChI=1S/C13H21NO3/c1-8(2)9(3)14-12(15)10-6-4-5-7-11(10)13(16)17/h4-5,8-11H,6-7H2,1-3H3,(H,14,15)(H,16,17). The summed E-state index contributed by atoms with van der Waals surface area (Å²) in [6, 6.07) is 0.0721. The monoisotopic (exact) mass is 239 g/mol. The highest BCUT2D eigenvalue weighted by molar-refractivity contribution is 5.85. The summed E-state index contributed by atoms with van der Waals surface area (Å²) in [6.45, 7) is 6.00. The zero-order chi connectivity index (χ0) is 13.0. The molecule has 1 rings (SSSR count). The van der Waals surface area contributed by atoms with E-state index < -0.39 is 17.8 Å². The molecule has 96 valence electrons. The summed E-state index contributed by atoms with van der Waals surface area (Å²) < 4.78 is 0. The zero-order valence-electron chi connectivity index (χ0n) is 10.6. The van der Waals surface area contributed by atoms with Crippen LogP contribution < -0.4 is 5.32 Å². The van der Waals surface area contributed by atoms with Gasteiger partial charge in [0.05, 0.1) is 11.8 Å². The molecular weight excluding hydrogens is 218 g/mol. The smallest absolute Gasteiger partial charge is 0.307 e. The number of rotatable bonds is 4. The number of carbonyl (C=O) groups is 2. The summed E-state index contributed by atoms with van der Waals surface area (Å²) in [5.41, 5.74) is 0. The van der Waals surface area contributed by atoms with Gasteiger partial charge in [-0.25, -0.2) is 0 Å². The Kier molecular flexibility index (Phi) is 4.73. The van der Waals surface area contributed by atoms with E-state index in [1.54, 1.807) is 0 Å². The Morgan fingerprint density at radius 1 is 1.18 bits per heavy atom. The first-order valence-electron chi connectivity index (χ1n) is 6.11. The van der Waals surface area contributed by atoms with Crippen LogP contribution in [-0.2, 0) is 9.59 Å². The topological polar surface area (TPSA) is 66.4 Å². The summed E-state index contributed by atoms with van der Waals surface area (Å²) in [7, 11) is 0. The molecule has 3 atom stereocenters. The van der Waals surface area contributed by atoms with Crippen molar-refractivity contribution in [3.63, 3.8) is 0 Å². The molecule has 0 bridgehead atoms. The van der Waals surface area contributed by atoms with E-state index in [1.165, 1.54) is 0 Å². The number of amides is 1. The number of hydrogen-bond donors (Lipinski definition) is 2. The summed E-state index contributed by atoms with van der Waals surface area (Å²) >= 11 is 0. The Hall–Kier alpha value is -1.32. The van der Waals surface area contributed by atoms with Crippen molar-refractivity contribution >= 4 is 11.9 Å². The maximum absolute atomic E-state index is 12.0. The number of aliphatic carboxylic acids is 1. The molecule has 0 aromatic rings. The van der Waals surface area contributed by atoms with Crippen LogP contribution >= 0.6 is 0 Å². The maximum Gasteiger partial charge on any atom is 0.307 e. The van der Waals surface area contributed by atoms with Crippen molar-refractivity contribution in [2.24, 2.45) is 17.8 Å². The molecule has 1 aliphatic carbocycles. The highest BCUT2D eigenvalue weighted by Crippen LogP contribution is 2.26. The van der Waals surface area contributed by atoms with Gasteiger partial charge in [-0.15, -0.1) is 0 Å². The van der Waals surface area contributed by atoms with E-state index in [9.17, 15) is 9.59 Å². The summed E-state index contributed by atoms with van der Waals surface area (Å²) in [6.07, 6.45) is 4.70. The first kappa shape index (κ1) is 13.7. The Labute approximate surface area is 102 Å². The molecule has 1 aliphatic rings. The highest BCUT2D eigenvalue weighted by Gasteiger charge is 2.34. The molecule has 17 heavy (non-hydrogen) atoms. The molecule has 4 nitrogen and oxygen atoms in total. The van der Waals surface area contributed by atoms with E-state index in [0.29, 0.717) is 18.8 Å². The third kappa shape index (κ3) is 3.58. The number of allylic oxidation sites excluding steroid dienone is 2. The molecule has 0 saturated carbocycles. The zero-order valence-corrected chi connectivity index (χ0v) is 10.6. The molecule has 0 spiro atoms. The Morgan fingerprint density at radius 2 is 1.71 bits per heavy atom. The Bertz CT molecular complexity index is 323. The van der Waals surface area contributed by atoms with Crippen molar-refractivity contribution in [3.05, 3.63) is 12.2 Å². The van der Waals surface area contributed by atoms with Crippen LogP contribution in [0, 0.1) is 17.8 Å². The molecule has 3 unspecified atom stereocenters. The molecular formula is C13H21NO3. The lowest BCUT2D eigenvalue weighted by Crippen LogP contribution is -2.44. The second kappa shape index (κ2) is 5.84. The average Bonchev–Trinajstić information content (AvgIpc) is 2.28. The number of carbonyl (C=O) groups excluding carboxylic acids is 1. The predicted octanol–water partition coefficient (Wildman–Crippen LogP) is 1.81. The molecule has 4 heteroatoms. The molecule has 0 radical (unpaired) electrons. The maximum atomic E-state index is 12.0. The molecule has 0 fully saturated rings. The van der Waals surface area contributed by atoms with Gasteiger partial charge in [-0.1, -0.05) is 26.0 Å². The van der Waals surface area contributed by atoms with Crippen LogP contribution in [0.4, 0.5) is 0 Å². The van der Waals surface area contributed by atoms with E-state index in [2.05, 4.69) is 5.32 Å². The fraction of sp³-hybridized carbons (Fsp3) is 0.692. The summed E-state index contributed by atoms with van der Waals surface area (Å²) in [5, 5.41) is 12.0. The number of nitrogens with one attached hydrogen (secondary N) is 1. The third-order valence-corrected chi connectivity index (χ3v) is 3.46. The predicted molar refractivity (Wildman–Crippen MR) is 65.4 cm³/mol. The van der Waals surface area contributed by atoms with Gasteiger partial charge in [0.15, 0.2) is 0 Å². The van der Waals surface area contributed by atoms with Crippen molar-refractivity contribution in [3.8, 4) is 0 Å². The van der Waals surface area contributed by atoms with Gasteiger partial charge >= 0.3 is 5.97 Å². The van der Waals surface area contributed by atoms with Crippen molar-refractivity contribution in [1.29, 1.82) is 0 Å². The van der Waals surface area contributed by atoms with Crippen LogP contribution in [0.25, 0.3) is 0 Å². The minimum absolute atomic E-state index is 0.0721. The van der Waals surface area contributed by atoms with Gasteiger partial charge in [-0.2, -0.15) is 0 Å². The minimum Gasteiger partial charge on any atom is -0.481 e. The third-order valence-electron chi connectivity index (χ3n) is 3.46. The molecule has 0 saturated heterocycles. The van der Waals surface area contributed by atoms with Crippen LogP contribution in [-0.4, -0.2) is 23.0 Å². The van der Waals surface area contributed by atoms with Gasteiger partial charge in [-0.05, 0) is 25.7 Å². The van der Waals surface area contributed by atoms with Gasteiger partial charge in [0.25, 0.3) is 0 Å². The van der Waals surface area contributed by atoms with E-state index in [4.69, 9.17) is 5.11 Å². The van der Waals surface area contributed by atoms with E-state index in [1.807, 2.05) is 32.9 Å². The lowest BCUT2D eigenvalue weighted by Gasteiger charge is -2.27. The van der Waals surface area contributed by atoms with Crippen molar-refractivity contribution < 1.29 is 14.7 Å². The van der Waals surface area contributed by atoms with Crippen LogP contribution in [0.3, 0.4) is 0 Å². The van der Waals surface area contributed by atoms with E-state index in [0.717, 1.165) is 0 Å².